The normalized spacial score (nSPS) is 16.6. The maximum atomic E-state index is 13.2. The molecule has 0 radical (unpaired) electrons. The minimum absolute atomic E-state index is 0.0187. The van der Waals surface area contributed by atoms with Gasteiger partial charge in [-0.2, -0.15) is 5.10 Å². The molecule has 0 saturated carbocycles. The Hall–Kier alpha value is -2.34. The van der Waals surface area contributed by atoms with Crippen LogP contribution in [-0.2, 0) is 11.3 Å². The number of carbonyl (C=O) groups is 1. The van der Waals surface area contributed by atoms with Gasteiger partial charge in [-0.3, -0.25) is 9.69 Å². The SMILES string of the molecule is O=C1/C(=C/c2cc(Br)cc(Br)c2O)S/C(=N/N=C\c2cc(Br)ccc2O)N1Cc1ccco1. The number of furan rings is 1. The molecule has 0 atom stereocenters. The first kappa shape index (κ1) is 23.8. The average Bonchev–Trinajstić information content (AvgIpc) is 3.38. The smallest absolute Gasteiger partial charge is 0.267 e. The van der Waals surface area contributed by atoms with Gasteiger partial charge < -0.3 is 14.6 Å². The van der Waals surface area contributed by atoms with E-state index in [1.165, 1.54) is 17.4 Å². The molecule has 0 unspecified atom stereocenters. The molecule has 1 aliphatic heterocycles. The summed E-state index contributed by atoms with van der Waals surface area (Å²) in [5.41, 5.74) is 0.939. The number of rotatable bonds is 5. The number of amides is 1. The molecule has 1 saturated heterocycles. The molecule has 0 bridgehead atoms. The lowest BCUT2D eigenvalue weighted by Crippen LogP contribution is -2.28. The van der Waals surface area contributed by atoms with Gasteiger partial charge in [-0.25, -0.2) is 0 Å². The van der Waals surface area contributed by atoms with E-state index in [0.29, 0.717) is 31.4 Å². The van der Waals surface area contributed by atoms with Crippen molar-refractivity contribution in [3.63, 3.8) is 0 Å². The monoisotopic (exact) mass is 653 g/mol. The summed E-state index contributed by atoms with van der Waals surface area (Å²) in [6.45, 7) is 0.167. The van der Waals surface area contributed by atoms with Crippen molar-refractivity contribution < 1.29 is 19.4 Å². The zero-order chi connectivity index (χ0) is 23.5. The summed E-state index contributed by atoms with van der Waals surface area (Å²) in [5, 5.41) is 29.0. The summed E-state index contributed by atoms with van der Waals surface area (Å²) in [6.07, 6.45) is 4.53. The van der Waals surface area contributed by atoms with E-state index < -0.39 is 0 Å². The fourth-order valence-electron chi connectivity index (χ4n) is 2.89. The number of thioether (sulfide) groups is 1. The maximum Gasteiger partial charge on any atom is 0.267 e. The minimum atomic E-state index is -0.300. The largest absolute Gasteiger partial charge is 0.507 e. The van der Waals surface area contributed by atoms with Crippen molar-refractivity contribution in [1.29, 1.82) is 0 Å². The molecular formula is C22H14Br3N3O4S. The molecule has 2 aromatic carbocycles. The first-order chi connectivity index (χ1) is 15.8. The average molecular weight is 656 g/mol. The second-order valence-electron chi connectivity index (χ2n) is 6.74. The number of amidine groups is 1. The number of benzene rings is 2. The lowest BCUT2D eigenvalue weighted by Gasteiger charge is -2.12. The molecule has 11 heteroatoms. The van der Waals surface area contributed by atoms with Crippen LogP contribution in [0, 0.1) is 0 Å². The predicted molar refractivity (Wildman–Crippen MR) is 139 cm³/mol. The topological polar surface area (TPSA) is 98.6 Å². The van der Waals surface area contributed by atoms with Crippen LogP contribution in [0.1, 0.15) is 16.9 Å². The molecule has 2 N–H and O–H groups in total. The van der Waals surface area contributed by atoms with Gasteiger partial charge in [0.15, 0.2) is 5.17 Å². The van der Waals surface area contributed by atoms with Gasteiger partial charge in [0.25, 0.3) is 5.91 Å². The molecular weight excluding hydrogens is 642 g/mol. The Labute approximate surface area is 218 Å². The molecule has 4 rings (SSSR count). The first-order valence-electron chi connectivity index (χ1n) is 9.33. The van der Waals surface area contributed by atoms with E-state index in [4.69, 9.17) is 4.42 Å². The van der Waals surface area contributed by atoms with Gasteiger partial charge in [-0.1, -0.05) is 31.9 Å². The van der Waals surface area contributed by atoms with Crippen LogP contribution in [0.4, 0.5) is 0 Å². The van der Waals surface area contributed by atoms with E-state index in [1.807, 2.05) is 0 Å². The lowest BCUT2D eigenvalue weighted by atomic mass is 10.2. The number of halogens is 3. The van der Waals surface area contributed by atoms with E-state index >= 15 is 0 Å². The third-order valence-corrected chi connectivity index (χ3v) is 7.01. The summed E-state index contributed by atoms with van der Waals surface area (Å²) < 4.78 is 7.42. The summed E-state index contributed by atoms with van der Waals surface area (Å²) in [7, 11) is 0. The molecule has 1 aliphatic rings. The first-order valence-corrected chi connectivity index (χ1v) is 12.5. The van der Waals surface area contributed by atoms with Crippen LogP contribution >= 0.6 is 59.6 Å². The van der Waals surface area contributed by atoms with Crippen molar-refractivity contribution in [1.82, 2.24) is 4.90 Å². The Bertz CT molecular complexity index is 1310. The Morgan fingerprint density at radius 2 is 1.85 bits per heavy atom. The molecule has 1 fully saturated rings. The van der Waals surface area contributed by atoms with Crippen molar-refractivity contribution in [2.45, 2.75) is 6.54 Å². The number of nitrogens with zero attached hydrogens (tertiary/aromatic N) is 3. The van der Waals surface area contributed by atoms with Crippen LogP contribution in [0.3, 0.4) is 0 Å². The second-order valence-corrected chi connectivity index (χ2v) is 10.4. The molecule has 7 nitrogen and oxygen atoms in total. The van der Waals surface area contributed by atoms with Crippen LogP contribution in [0.5, 0.6) is 11.5 Å². The Morgan fingerprint density at radius 1 is 1.06 bits per heavy atom. The van der Waals surface area contributed by atoms with E-state index in [1.54, 1.807) is 48.5 Å². The van der Waals surface area contributed by atoms with Gasteiger partial charge in [0, 0.05) is 20.1 Å². The highest BCUT2D eigenvalue weighted by Gasteiger charge is 2.34. The standard InChI is InChI=1S/C22H14Br3N3O4S/c23-14-3-4-18(29)13(7-14)10-26-27-22-28(11-16-2-1-5-32-16)21(31)19(33-22)8-12-6-15(24)9-17(25)20(12)30/h1-10,29-30H,11H2/b19-8-,26-10-,27-22+. The van der Waals surface area contributed by atoms with Gasteiger partial charge in [-0.05, 0) is 76.2 Å². The molecule has 3 aromatic rings. The number of hydrogen-bond acceptors (Lipinski definition) is 7. The fraction of sp³-hybridized carbons (Fsp3) is 0.0455. The second kappa shape index (κ2) is 10.3. The van der Waals surface area contributed by atoms with Crippen molar-refractivity contribution >= 4 is 82.9 Å². The van der Waals surface area contributed by atoms with Crippen LogP contribution in [0.25, 0.3) is 6.08 Å². The zero-order valence-corrected chi connectivity index (χ0v) is 22.1. The maximum absolute atomic E-state index is 13.2. The molecule has 1 amide bonds. The lowest BCUT2D eigenvalue weighted by molar-refractivity contribution is -0.122. The highest BCUT2D eigenvalue weighted by atomic mass is 79.9. The highest BCUT2D eigenvalue weighted by molar-refractivity contribution is 9.11. The summed E-state index contributed by atoms with van der Waals surface area (Å²) >= 11 is 11.2. The highest BCUT2D eigenvalue weighted by Crippen LogP contribution is 2.38. The van der Waals surface area contributed by atoms with E-state index in [-0.39, 0.29) is 24.0 Å². The van der Waals surface area contributed by atoms with Crippen molar-refractivity contribution in [2.75, 3.05) is 0 Å². The molecule has 0 aliphatic carbocycles. The van der Waals surface area contributed by atoms with Gasteiger partial charge >= 0.3 is 0 Å². The van der Waals surface area contributed by atoms with E-state index in [0.717, 1.165) is 20.7 Å². The van der Waals surface area contributed by atoms with Crippen LogP contribution < -0.4 is 0 Å². The molecule has 0 spiro atoms. The zero-order valence-electron chi connectivity index (χ0n) is 16.6. The van der Waals surface area contributed by atoms with Crippen LogP contribution in [0.2, 0.25) is 0 Å². The Morgan fingerprint density at radius 3 is 2.61 bits per heavy atom. The minimum Gasteiger partial charge on any atom is -0.507 e. The Kier molecular flexibility index (Phi) is 7.42. The molecule has 168 valence electrons. The van der Waals surface area contributed by atoms with E-state index in [9.17, 15) is 15.0 Å². The fourth-order valence-corrected chi connectivity index (χ4v) is 5.45. The van der Waals surface area contributed by atoms with E-state index in [2.05, 4.69) is 58.0 Å². The van der Waals surface area contributed by atoms with Gasteiger partial charge in [-0.15, -0.1) is 5.10 Å². The number of phenols is 2. The van der Waals surface area contributed by atoms with Gasteiger partial charge in [0.1, 0.15) is 17.3 Å². The Balaban J connectivity index is 1.68. The summed E-state index contributed by atoms with van der Waals surface area (Å²) in [6, 6.07) is 11.9. The van der Waals surface area contributed by atoms with Crippen LogP contribution in [0.15, 0.2) is 81.7 Å². The quantitative estimate of drug-likeness (QED) is 0.186. The van der Waals surface area contributed by atoms with Gasteiger partial charge in [0.2, 0.25) is 0 Å². The van der Waals surface area contributed by atoms with Crippen molar-refractivity contribution in [3.05, 3.63) is 83.9 Å². The predicted octanol–water partition coefficient (Wildman–Crippen LogP) is 6.48. The third kappa shape index (κ3) is 5.60. The molecule has 1 aromatic heterocycles. The summed E-state index contributed by atoms with van der Waals surface area (Å²) in [5.74, 6) is 0.358. The van der Waals surface area contributed by atoms with Crippen molar-refractivity contribution in [2.24, 2.45) is 10.2 Å². The van der Waals surface area contributed by atoms with Gasteiger partial charge in [0.05, 0.1) is 28.4 Å². The number of phenolic OH excluding ortho intramolecular Hbond substituents is 2. The number of hydrogen-bond donors (Lipinski definition) is 2. The van der Waals surface area contributed by atoms with Crippen LogP contribution in [-0.4, -0.2) is 32.4 Å². The third-order valence-electron chi connectivity index (χ3n) is 4.46. The summed E-state index contributed by atoms with van der Waals surface area (Å²) in [4.78, 5) is 15.0. The number of carbonyl (C=O) groups excluding carboxylic acids is 1. The molecule has 2 heterocycles. The number of aromatic hydroxyl groups is 2. The van der Waals surface area contributed by atoms with Crippen molar-refractivity contribution in [3.8, 4) is 11.5 Å². The molecule has 33 heavy (non-hydrogen) atoms.